The maximum absolute atomic E-state index is 12.7. The Kier molecular flexibility index (Phi) is 7.57. The maximum Gasteiger partial charge on any atom is 0.338 e. The number of benzene rings is 1. The number of allylic oxidation sites excluding steroid dienone is 1. The van der Waals surface area contributed by atoms with Gasteiger partial charge in [-0.3, -0.25) is 0 Å². The van der Waals surface area contributed by atoms with Crippen LogP contribution in [0.2, 0.25) is 0 Å². The standard InChI is InChI=1S/C33H49NO2/c1-21(2)6-5-7-22(3)27-14-15-29-28(27)16-17-31-30(29)13-10-24-20-26(18-19-33(24,31)4)36-32(35)23-8-11-25(34)12-9-23/h8-12,21-22,26-31H,5-7,13-20,34H2,1-4H3/t22?,26?,27?,28?,29?,30?,31?,33-/m0/s1. The van der Waals surface area contributed by atoms with Gasteiger partial charge >= 0.3 is 5.97 Å². The lowest BCUT2D eigenvalue weighted by Crippen LogP contribution is -2.48. The predicted octanol–water partition coefficient (Wildman–Crippen LogP) is 8.45. The van der Waals surface area contributed by atoms with Crippen LogP contribution in [0.4, 0.5) is 5.69 Å². The molecule has 0 spiro atoms. The van der Waals surface area contributed by atoms with Crippen LogP contribution < -0.4 is 5.73 Å². The minimum absolute atomic E-state index is 0.00446. The summed E-state index contributed by atoms with van der Waals surface area (Å²) in [4.78, 5) is 12.7. The third-order valence-electron chi connectivity index (χ3n) is 11.0. The Morgan fingerprint density at radius 1 is 1.00 bits per heavy atom. The van der Waals surface area contributed by atoms with Gasteiger partial charge in [-0.25, -0.2) is 4.79 Å². The molecule has 2 N–H and O–H groups in total. The molecule has 0 radical (unpaired) electrons. The fourth-order valence-electron chi connectivity index (χ4n) is 9.03. The molecule has 4 aliphatic carbocycles. The summed E-state index contributed by atoms with van der Waals surface area (Å²) < 4.78 is 5.98. The van der Waals surface area contributed by atoms with Gasteiger partial charge in [0.05, 0.1) is 5.56 Å². The fraction of sp³-hybridized carbons (Fsp3) is 0.727. The molecule has 3 fully saturated rings. The Labute approximate surface area is 219 Å². The molecule has 0 bridgehead atoms. The summed E-state index contributed by atoms with van der Waals surface area (Å²) in [5.74, 6) is 6.09. The maximum atomic E-state index is 12.7. The van der Waals surface area contributed by atoms with Crippen LogP contribution >= 0.6 is 0 Å². The minimum Gasteiger partial charge on any atom is -0.458 e. The van der Waals surface area contributed by atoms with Crippen molar-refractivity contribution in [3.05, 3.63) is 41.5 Å². The summed E-state index contributed by atoms with van der Waals surface area (Å²) in [6, 6.07) is 7.09. The number of ether oxygens (including phenoxy) is 1. The first-order valence-corrected chi connectivity index (χ1v) is 15.0. The van der Waals surface area contributed by atoms with Gasteiger partial charge in [-0.05, 0) is 116 Å². The van der Waals surface area contributed by atoms with Crippen molar-refractivity contribution in [3.8, 4) is 0 Å². The highest BCUT2D eigenvalue weighted by Gasteiger charge is 2.54. The van der Waals surface area contributed by atoms with Crippen LogP contribution in [-0.4, -0.2) is 12.1 Å². The van der Waals surface area contributed by atoms with Crippen molar-refractivity contribution >= 4 is 11.7 Å². The second kappa shape index (κ2) is 10.5. The van der Waals surface area contributed by atoms with E-state index in [9.17, 15) is 4.79 Å². The number of nitrogens with two attached hydrogens (primary N) is 1. The summed E-state index contributed by atoms with van der Waals surface area (Å²) >= 11 is 0. The second-order valence-electron chi connectivity index (χ2n) is 13.5. The number of hydrogen-bond acceptors (Lipinski definition) is 3. The van der Waals surface area contributed by atoms with E-state index in [0.29, 0.717) is 16.7 Å². The quantitative estimate of drug-likeness (QED) is 0.236. The van der Waals surface area contributed by atoms with E-state index in [-0.39, 0.29) is 12.1 Å². The molecule has 0 aromatic heterocycles. The molecular formula is C33H49NO2. The van der Waals surface area contributed by atoms with Crippen LogP contribution in [0.5, 0.6) is 0 Å². The first-order chi connectivity index (χ1) is 17.3. The monoisotopic (exact) mass is 491 g/mol. The van der Waals surface area contributed by atoms with E-state index >= 15 is 0 Å². The number of carbonyl (C=O) groups excluding carboxylic acids is 1. The summed E-state index contributed by atoms with van der Waals surface area (Å²) in [5.41, 5.74) is 8.94. The molecule has 8 atom stereocenters. The topological polar surface area (TPSA) is 52.3 Å². The Morgan fingerprint density at radius 2 is 1.75 bits per heavy atom. The summed E-state index contributed by atoms with van der Waals surface area (Å²) in [7, 11) is 0. The third kappa shape index (κ3) is 5.01. The lowest BCUT2D eigenvalue weighted by atomic mass is 9.50. The smallest absolute Gasteiger partial charge is 0.338 e. The molecule has 3 heteroatoms. The zero-order valence-corrected chi connectivity index (χ0v) is 23.2. The largest absolute Gasteiger partial charge is 0.458 e. The fourth-order valence-corrected chi connectivity index (χ4v) is 9.03. The molecule has 0 amide bonds. The average Bonchev–Trinajstić information content (AvgIpc) is 3.29. The molecular weight excluding hydrogens is 442 g/mol. The van der Waals surface area contributed by atoms with Gasteiger partial charge in [0.25, 0.3) is 0 Å². The number of nitrogen functional groups attached to an aromatic ring is 1. The van der Waals surface area contributed by atoms with Gasteiger partial charge in [0.2, 0.25) is 0 Å². The van der Waals surface area contributed by atoms with Crippen molar-refractivity contribution in [2.24, 2.45) is 46.8 Å². The van der Waals surface area contributed by atoms with Crippen LogP contribution in [0, 0.1) is 46.8 Å². The van der Waals surface area contributed by atoms with Gasteiger partial charge in [0, 0.05) is 12.1 Å². The number of carbonyl (C=O) groups is 1. The number of hydrogen-bond donors (Lipinski definition) is 1. The molecule has 0 aliphatic heterocycles. The molecule has 3 nitrogen and oxygen atoms in total. The Balaban J connectivity index is 1.22. The van der Waals surface area contributed by atoms with Gasteiger partial charge in [-0.1, -0.05) is 58.6 Å². The normalized spacial score (nSPS) is 36.4. The highest BCUT2D eigenvalue weighted by atomic mass is 16.5. The minimum atomic E-state index is -0.210. The van der Waals surface area contributed by atoms with Crippen LogP contribution in [0.25, 0.3) is 0 Å². The van der Waals surface area contributed by atoms with E-state index in [1.165, 1.54) is 51.4 Å². The molecule has 7 unspecified atom stereocenters. The van der Waals surface area contributed by atoms with Crippen LogP contribution in [0.3, 0.4) is 0 Å². The number of rotatable bonds is 7. The van der Waals surface area contributed by atoms with E-state index in [1.54, 1.807) is 29.8 Å². The summed E-state index contributed by atoms with van der Waals surface area (Å²) in [6.45, 7) is 9.84. The molecule has 3 saturated carbocycles. The van der Waals surface area contributed by atoms with Crippen molar-refractivity contribution in [1.82, 2.24) is 0 Å². The summed E-state index contributed by atoms with van der Waals surface area (Å²) in [5, 5.41) is 0. The van der Waals surface area contributed by atoms with Gasteiger partial charge in [-0.15, -0.1) is 0 Å². The zero-order valence-electron chi connectivity index (χ0n) is 23.2. The van der Waals surface area contributed by atoms with Gasteiger partial charge < -0.3 is 10.5 Å². The van der Waals surface area contributed by atoms with Gasteiger partial charge in [0.15, 0.2) is 0 Å². The summed E-state index contributed by atoms with van der Waals surface area (Å²) in [6.07, 6.45) is 16.9. The molecule has 198 valence electrons. The van der Waals surface area contributed by atoms with Crippen molar-refractivity contribution in [2.45, 2.75) is 104 Å². The van der Waals surface area contributed by atoms with E-state index in [1.807, 2.05) is 0 Å². The first kappa shape index (κ1) is 25.9. The van der Waals surface area contributed by atoms with Crippen molar-refractivity contribution < 1.29 is 9.53 Å². The van der Waals surface area contributed by atoms with Crippen LogP contribution in [0.1, 0.15) is 109 Å². The van der Waals surface area contributed by atoms with Crippen LogP contribution in [-0.2, 0) is 4.74 Å². The Morgan fingerprint density at radius 3 is 2.50 bits per heavy atom. The molecule has 36 heavy (non-hydrogen) atoms. The van der Waals surface area contributed by atoms with Crippen molar-refractivity contribution in [3.63, 3.8) is 0 Å². The molecule has 4 aliphatic rings. The van der Waals surface area contributed by atoms with Crippen LogP contribution in [0.15, 0.2) is 35.9 Å². The molecule has 0 heterocycles. The lowest BCUT2D eigenvalue weighted by Gasteiger charge is -2.55. The Bertz CT molecular complexity index is 949. The van der Waals surface area contributed by atoms with Crippen molar-refractivity contribution in [1.29, 1.82) is 0 Å². The van der Waals surface area contributed by atoms with Gasteiger partial charge in [-0.2, -0.15) is 0 Å². The highest BCUT2D eigenvalue weighted by molar-refractivity contribution is 5.89. The predicted molar refractivity (Wildman–Crippen MR) is 148 cm³/mol. The lowest BCUT2D eigenvalue weighted by molar-refractivity contribution is -0.0240. The molecule has 0 saturated heterocycles. The van der Waals surface area contributed by atoms with Crippen molar-refractivity contribution in [2.75, 3.05) is 5.73 Å². The van der Waals surface area contributed by atoms with E-state index in [4.69, 9.17) is 10.5 Å². The van der Waals surface area contributed by atoms with E-state index < -0.39 is 0 Å². The number of anilines is 1. The number of esters is 1. The second-order valence-corrected chi connectivity index (χ2v) is 13.5. The highest BCUT2D eigenvalue weighted by Crippen LogP contribution is 2.63. The number of fused-ring (bicyclic) bond motifs is 5. The SMILES string of the molecule is CC(C)CCCC(C)C1CCC2C1CCC1C2CC=C2CC(OC(=O)c3ccc(N)cc3)CC[C@@]21C. The molecule has 1 aromatic rings. The zero-order chi connectivity index (χ0) is 25.4. The molecule has 1 aromatic carbocycles. The first-order valence-electron chi connectivity index (χ1n) is 15.0. The van der Waals surface area contributed by atoms with E-state index in [2.05, 4.69) is 33.8 Å². The average molecular weight is 492 g/mol. The third-order valence-corrected chi connectivity index (χ3v) is 11.0. The Hall–Kier alpha value is -1.77. The van der Waals surface area contributed by atoms with E-state index in [0.717, 1.165) is 60.7 Å². The van der Waals surface area contributed by atoms with Gasteiger partial charge in [0.1, 0.15) is 6.10 Å². The molecule has 5 rings (SSSR count).